The van der Waals surface area contributed by atoms with E-state index in [0.29, 0.717) is 6.54 Å². The summed E-state index contributed by atoms with van der Waals surface area (Å²) in [5.41, 5.74) is 2.64. The first-order chi connectivity index (χ1) is 8.69. The third-order valence-electron chi connectivity index (χ3n) is 2.60. The number of nitrogens with one attached hydrogen (secondary N) is 3. The standard InChI is InChI=1S/C13H18N4O/c1-3-6-14-8-13(18)17-10-4-5-11-12(7-10)16-9(2)15-11/h4-5,7,14H,3,6,8H2,1-2H3,(H,15,16)(H,17,18). The van der Waals surface area contributed by atoms with Crippen LogP contribution < -0.4 is 10.6 Å². The van der Waals surface area contributed by atoms with Crippen LogP contribution in [0.2, 0.25) is 0 Å². The minimum absolute atomic E-state index is 0.0287. The van der Waals surface area contributed by atoms with Crippen LogP contribution in [0.4, 0.5) is 5.69 Å². The monoisotopic (exact) mass is 246 g/mol. The summed E-state index contributed by atoms with van der Waals surface area (Å²) in [7, 11) is 0. The molecule has 0 unspecified atom stereocenters. The van der Waals surface area contributed by atoms with Crippen LogP contribution in [0.5, 0.6) is 0 Å². The van der Waals surface area contributed by atoms with Gasteiger partial charge < -0.3 is 15.6 Å². The Balaban J connectivity index is 2.00. The quantitative estimate of drug-likeness (QED) is 0.705. The van der Waals surface area contributed by atoms with E-state index in [2.05, 4.69) is 27.5 Å². The first-order valence-electron chi connectivity index (χ1n) is 6.16. The number of aromatic nitrogens is 2. The Hall–Kier alpha value is -1.88. The third-order valence-corrected chi connectivity index (χ3v) is 2.60. The summed E-state index contributed by atoms with van der Waals surface area (Å²) in [5, 5.41) is 5.92. The largest absolute Gasteiger partial charge is 0.342 e. The van der Waals surface area contributed by atoms with Crippen LogP contribution >= 0.6 is 0 Å². The van der Waals surface area contributed by atoms with Gasteiger partial charge in [-0.2, -0.15) is 0 Å². The Bertz CT molecular complexity index is 547. The van der Waals surface area contributed by atoms with Gasteiger partial charge in [0.05, 0.1) is 17.6 Å². The molecule has 2 aromatic rings. The number of fused-ring (bicyclic) bond motifs is 1. The highest BCUT2D eigenvalue weighted by molar-refractivity contribution is 5.94. The lowest BCUT2D eigenvalue weighted by atomic mass is 10.2. The minimum Gasteiger partial charge on any atom is -0.342 e. The smallest absolute Gasteiger partial charge is 0.238 e. The number of carbonyl (C=O) groups is 1. The van der Waals surface area contributed by atoms with Gasteiger partial charge in [0.2, 0.25) is 5.91 Å². The van der Waals surface area contributed by atoms with Gasteiger partial charge in [0.1, 0.15) is 5.82 Å². The lowest BCUT2D eigenvalue weighted by Crippen LogP contribution is -2.28. The molecule has 18 heavy (non-hydrogen) atoms. The van der Waals surface area contributed by atoms with Crippen molar-refractivity contribution in [2.24, 2.45) is 0 Å². The first-order valence-corrected chi connectivity index (χ1v) is 6.16. The summed E-state index contributed by atoms with van der Waals surface area (Å²) >= 11 is 0. The molecule has 0 aliphatic carbocycles. The van der Waals surface area contributed by atoms with E-state index in [0.717, 1.165) is 35.5 Å². The number of hydrogen-bond donors (Lipinski definition) is 3. The minimum atomic E-state index is -0.0287. The van der Waals surface area contributed by atoms with Crippen LogP contribution in [0.25, 0.3) is 11.0 Å². The maximum atomic E-state index is 11.6. The van der Waals surface area contributed by atoms with Crippen LogP contribution in [0.15, 0.2) is 18.2 Å². The second-order valence-corrected chi connectivity index (χ2v) is 4.28. The average molecular weight is 246 g/mol. The zero-order valence-electron chi connectivity index (χ0n) is 10.7. The second-order valence-electron chi connectivity index (χ2n) is 4.28. The molecule has 5 heteroatoms. The SMILES string of the molecule is CCCNCC(=O)Nc1ccc2nc(C)[nH]c2c1. The van der Waals surface area contributed by atoms with Crippen LogP contribution in [0.1, 0.15) is 19.2 Å². The van der Waals surface area contributed by atoms with Crippen molar-refractivity contribution in [3.63, 3.8) is 0 Å². The van der Waals surface area contributed by atoms with E-state index in [1.165, 1.54) is 0 Å². The van der Waals surface area contributed by atoms with Crippen molar-refractivity contribution in [1.82, 2.24) is 15.3 Å². The van der Waals surface area contributed by atoms with Gasteiger partial charge in [-0.1, -0.05) is 6.92 Å². The van der Waals surface area contributed by atoms with Crippen molar-refractivity contribution in [3.05, 3.63) is 24.0 Å². The van der Waals surface area contributed by atoms with E-state index in [1.807, 2.05) is 25.1 Å². The molecule has 1 heterocycles. The van der Waals surface area contributed by atoms with Crippen molar-refractivity contribution in [1.29, 1.82) is 0 Å². The maximum absolute atomic E-state index is 11.6. The number of aryl methyl sites for hydroxylation is 1. The zero-order valence-corrected chi connectivity index (χ0v) is 10.7. The molecule has 0 aliphatic rings. The highest BCUT2D eigenvalue weighted by atomic mass is 16.1. The molecule has 0 aliphatic heterocycles. The number of rotatable bonds is 5. The Morgan fingerprint density at radius 3 is 3.06 bits per heavy atom. The summed E-state index contributed by atoms with van der Waals surface area (Å²) in [6, 6.07) is 5.65. The van der Waals surface area contributed by atoms with Crippen LogP contribution in [0, 0.1) is 6.92 Å². The van der Waals surface area contributed by atoms with Gasteiger partial charge in [-0.05, 0) is 38.1 Å². The number of hydrogen-bond acceptors (Lipinski definition) is 3. The van der Waals surface area contributed by atoms with Gasteiger partial charge >= 0.3 is 0 Å². The number of aromatic amines is 1. The Kier molecular flexibility index (Phi) is 3.94. The number of anilines is 1. The van der Waals surface area contributed by atoms with Gasteiger partial charge in [-0.25, -0.2) is 4.98 Å². The molecular weight excluding hydrogens is 228 g/mol. The summed E-state index contributed by atoms with van der Waals surface area (Å²) in [4.78, 5) is 19.1. The molecule has 3 N–H and O–H groups in total. The second kappa shape index (κ2) is 5.64. The predicted molar refractivity (Wildman–Crippen MR) is 72.6 cm³/mol. The van der Waals surface area contributed by atoms with E-state index in [9.17, 15) is 4.79 Å². The Labute approximate surface area is 106 Å². The number of benzene rings is 1. The van der Waals surface area contributed by atoms with Gasteiger partial charge in [-0.3, -0.25) is 4.79 Å². The van der Waals surface area contributed by atoms with E-state index >= 15 is 0 Å². The van der Waals surface area contributed by atoms with E-state index in [1.54, 1.807) is 0 Å². The molecular formula is C13H18N4O. The third kappa shape index (κ3) is 3.07. The van der Waals surface area contributed by atoms with Crippen molar-refractivity contribution < 1.29 is 4.79 Å². The van der Waals surface area contributed by atoms with Gasteiger partial charge in [0.15, 0.2) is 0 Å². The number of nitrogens with zero attached hydrogens (tertiary/aromatic N) is 1. The Morgan fingerprint density at radius 1 is 1.44 bits per heavy atom. The number of imidazole rings is 1. The lowest BCUT2D eigenvalue weighted by Gasteiger charge is -2.05. The molecule has 0 saturated carbocycles. The number of amides is 1. The molecule has 0 radical (unpaired) electrons. The first kappa shape index (κ1) is 12.6. The lowest BCUT2D eigenvalue weighted by molar-refractivity contribution is -0.115. The molecule has 1 aromatic heterocycles. The number of H-pyrrole nitrogens is 1. The summed E-state index contributed by atoms with van der Waals surface area (Å²) < 4.78 is 0. The molecule has 2 rings (SSSR count). The van der Waals surface area contributed by atoms with Crippen molar-refractivity contribution in [3.8, 4) is 0 Å². The zero-order chi connectivity index (χ0) is 13.0. The fraction of sp³-hybridized carbons (Fsp3) is 0.385. The van der Waals surface area contributed by atoms with Crippen LogP contribution in [-0.2, 0) is 4.79 Å². The topological polar surface area (TPSA) is 69.8 Å². The molecule has 1 amide bonds. The highest BCUT2D eigenvalue weighted by Crippen LogP contribution is 2.16. The van der Waals surface area contributed by atoms with Gasteiger partial charge in [-0.15, -0.1) is 0 Å². The van der Waals surface area contributed by atoms with Gasteiger partial charge in [0, 0.05) is 5.69 Å². The van der Waals surface area contributed by atoms with E-state index in [4.69, 9.17) is 0 Å². The van der Waals surface area contributed by atoms with Crippen molar-refractivity contribution in [2.45, 2.75) is 20.3 Å². The predicted octanol–water partition coefficient (Wildman–Crippen LogP) is 1.81. The molecule has 1 aromatic carbocycles. The van der Waals surface area contributed by atoms with Crippen molar-refractivity contribution in [2.75, 3.05) is 18.4 Å². The van der Waals surface area contributed by atoms with E-state index in [-0.39, 0.29) is 5.91 Å². The fourth-order valence-electron chi connectivity index (χ4n) is 1.80. The molecule has 0 saturated heterocycles. The highest BCUT2D eigenvalue weighted by Gasteiger charge is 2.04. The molecule has 5 nitrogen and oxygen atoms in total. The molecule has 0 fully saturated rings. The maximum Gasteiger partial charge on any atom is 0.238 e. The normalized spacial score (nSPS) is 10.8. The molecule has 0 bridgehead atoms. The Morgan fingerprint density at radius 2 is 2.28 bits per heavy atom. The van der Waals surface area contributed by atoms with Gasteiger partial charge in [0.25, 0.3) is 0 Å². The summed E-state index contributed by atoms with van der Waals surface area (Å²) in [6.45, 7) is 5.17. The fourth-order valence-corrected chi connectivity index (χ4v) is 1.80. The summed E-state index contributed by atoms with van der Waals surface area (Å²) in [5.74, 6) is 0.845. The number of carbonyl (C=O) groups excluding carboxylic acids is 1. The van der Waals surface area contributed by atoms with Crippen molar-refractivity contribution >= 4 is 22.6 Å². The molecule has 0 spiro atoms. The van der Waals surface area contributed by atoms with E-state index < -0.39 is 0 Å². The van der Waals surface area contributed by atoms with Crippen LogP contribution in [0.3, 0.4) is 0 Å². The summed E-state index contributed by atoms with van der Waals surface area (Å²) in [6.07, 6.45) is 1.02. The average Bonchev–Trinajstić information content (AvgIpc) is 2.69. The molecule has 96 valence electrons. The van der Waals surface area contributed by atoms with Crippen LogP contribution in [-0.4, -0.2) is 29.0 Å². The molecule has 0 atom stereocenters.